The molecular formula is C11H16ClN3OS. The number of amides is 2. The van der Waals surface area contributed by atoms with Gasteiger partial charge in [0.1, 0.15) is 0 Å². The van der Waals surface area contributed by atoms with Crippen molar-refractivity contribution in [2.45, 2.75) is 18.9 Å². The number of primary amides is 1. The van der Waals surface area contributed by atoms with Crippen molar-refractivity contribution in [2.24, 2.45) is 17.4 Å². The Morgan fingerprint density at radius 1 is 1.59 bits per heavy atom. The van der Waals surface area contributed by atoms with E-state index in [0.29, 0.717) is 19.0 Å². The van der Waals surface area contributed by atoms with Crippen LogP contribution in [0.1, 0.15) is 12.0 Å². The second-order valence-corrected chi connectivity index (χ2v) is 6.11. The Morgan fingerprint density at radius 3 is 2.94 bits per heavy atom. The fourth-order valence-corrected chi connectivity index (χ4v) is 3.28. The summed E-state index contributed by atoms with van der Waals surface area (Å²) < 4.78 is 0.798. The van der Waals surface area contributed by atoms with Gasteiger partial charge in [-0.05, 0) is 35.8 Å². The Kier molecular flexibility index (Phi) is 3.91. The molecule has 6 heteroatoms. The van der Waals surface area contributed by atoms with Gasteiger partial charge in [-0.2, -0.15) is 0 Å². The maximum absolute atomic E-state index is 11.2. The summed E-state index contributed by atoms with van der Waals surface area (Å²) in [7, 11) is 0. The van der Waals surface area contributed by atoms with Crippen molar-refractivity contribution in [1.82, 2.24) is 4.90 Å². The van der Waals surface area contributed by atoms with Gasteiger partial charge >= 0.3 is 6.03 Å². The summed E-state index contributed by atoms with van der Waals surface area (Å²) in [5, 5.41) is 2.05. The van der Waals surface area contributed by atoms with Gasteiger partial charge in [-0.3, -0.25) is 0 Å². The molecule has 0 aromatic carbocycles. The molecule has 2 amide bonds. The van der Waals surface area contributed by atoms with Crippen molar-refractivity contribution in [3.05, 3.63) is 21.3 Å². The fourth-order valence-electron chi connectivity index (χ4n) is 2.36. The first-order valence-corrected chi connectivity index (χ1v) is 6.83. The van der Waals surface area contributed by atoms with Gasteiger partial charge in [-0.15, -0.1) is 11.3 Å². The lowest BCUT2D eigenvalue weighted by Crippen LogP contribution is -2.51. The largest absolute Gasteiger partial charge is 0.351 e. The average Bonchev–Trinajstić information content (AvgIpc) is 2.63. The molecular weight excluding hydrogens is 258 g/mol. The van der Waals surface area contributed by atoms with Crippen LogP contribution in [0.15, 0.2) is 11.4 Å². The van der Waals surface area contributed by atoms with Crippen LogP contribution in [0.25, 0.3) is 0 Å². The molecule has 94 valence electrons. The van der Waals surface area contributed by atoms with Crippen LogP contribution >= 0.6 is 22.9 Å². The number of thiophene rings is 1. The minimum atomic E-state index is -0.381. The summed E-state index contributed by atoms with van der Waals surface area (Å²) in [6.45, 7) is 1.26. The van der Waals surface area contributed by atoms with Gasteiger partial charge in [0.2, 0.25) is 0 Å². The molecule has 1 aromatic heterocycles. The number of hydrogen-bond donors (Lipinski definition) is 2. The van der Waals surface area contributed by atoms with Crippen LogP contribution in [0.3, 0.4) is 0 Å². The Labute approximate surface area is 110 Å². The van der Waals surface area contributed by atoms with E-state index in [9.17, 15) is 4.79 Å². The highest BCUT2D eigenvalue weighted by Crippen LogP contribution is 2.25. The normalized spacial score (nSPS) is 24.9. The molecule has 1 aromatic rings. The van der Waals surface area contributed by atoms with Crippen molar-refractivity contribution in [1.29, 1.82) is 0 Å². The SMILES string of the molecule is NC(=O)N1CC(N)CC(Cc2csc(Cl)c2)C1. The van der Waals surface area contributed by atoms with Crippen LogP contribution in [0.5, 0.6) is 0 Å². The first-order valence-electron chi connectivity index (χ1n) is 5.57. The first kappa shape index (κ1) is 12.7. The van der Waals surface area contributed by atoms with Crippen molar-refractivity contribution in [3.8, 4) is 0 Å². The maximum atomic E-state index is 11.2. The maximum Gasteiger partial charge on any atom is 0.314 e. The van der Waals surface area contributed by atoms with Gasteiger partial charge < -0.3 is 16.4 Å². The van der Waals surface area contributed by atoms with Gasteiger partial charge in [0.05, 0.1) is 4.34 Å². The zero-order chi connectivity index (χ0) is 12.4. The highest BCUT2D eigenvalue weighted by molar-refractivity contribution is 7.14. The number of likely N-dealkylation sites (tertiary alicyclic amines) is 1. The Morgan fingerprint density at radius 2 is 2.35 bits per heavy atom. The minimum Gasteiger partial charge on any atom is -0.351 e. The first-order chi connectivity index (χ1) is 8.04. The lowest BCUT2D eigenvalue weighted by atomic mass is 9.90. The summed E-state index contributed by atoms with van der Waals surface area (Å²) in [6.07, 6.45) is 1.83. The molecule has 17 heavy (non-hydrogen) atoms. The summed E-state index contributed by atoms with van der Waals surface area (Å²) in [6, 6.07) is 1.62. The van der Waals surface area contributed by atoms with E-state index in [1.165, 1.54) is 16.9 Å². The van der Waals surface area contributed by atoms with Crippen LogP contribution in [0.4, 0.5) is 4.79 Å². The zero-order valence-corrected chi connectivity index (χ0v) is 11.0. The van der Waals surface area contributed by atoms with Gasteiger partial charge in [-0.1, -0.05) is 11.6 Å². The third kappa shape index (κ3) is 3.34. The second kappa shape index (κ2) is 5.25. The lowest BCUT2D eigenvalue weighted by molar-refractivity contribution is 0.163. The molecule has 1 fully saturated rings. The van der Waals surface area contributed by atoms with Crippen molar-refractivity contribution in [3.63, 3.8) is 0 Å². The Hall–Kier alpha value is -0.780. The standard InChI is InChI=1S/C11H16ClN3OS/c12-10-3-8(6-17-10)1-7-2-9(13)5-15(4-7)11(14)16/h3,6-7,9H,1-2,4-5,13H2,(H2,14,16). The van der Waals surface area contributed by atoms with Crippen LogP contribution in [-0.2, 0) is 6.42 Å². The molecule has 2 atom stereocenters. The van der Waals surface area contributed by atoms with E-state index in [-0.39, 0.29) is 12.1 Å². The Balaban J connectivity index is 1.98. The topological polar surface area (TPSA) is 72.4 Å². The predicted octanol–water partition coefficient (Wildman–Crippen LogP) is 1.67. The molecule has 0 radical (unpaired) electrons. The molecule has 1 aliphatic heterocycles. The molecule has 2 unspecified atom stereocenters. The van der Waals surface area contributed by atoms with Gasteiger partial charge in [0, 0.05) is 19.1 Å². The third-order valence-electron chi connectivity index (χ3n) is 3.03. The summed E-state index contributed by atoms with van der Waals surface area (Å²) in [4.78, 5) is 12.8. The van der Waals surface area contributed by atoms with Gasteiger partial charge in [0.15, 0.2) is 0 Å². The lowest BCUT2D eigenvalue weighted by Gasteiger charge is -2.35. The van der Waals surface area contributed by atoms with Crippen LogP contribution in [0, 0.1) is 5.92 Å². The Bertz CT molecular complexity index is 409. The van der Waals surface area contributed by atoms with Crippen LogP contribution in [-0.4, -0.2) is 30.1 Å². The molecule has 0 saturated carbocycles. The van der Waals surface area contributed by atoms with Crippen molar-refractivity contribution in [2.75, 3.05) is 13.1 Å². The molecule has 2 rings (SSSR count). The number of carbonyl (C=O) groups is 1. The number of halogens is 1. The van der Waals surface area contributed by atoms with E-state index >= 15 is 0 Å². The summed E-state index contributed by atoms with van der Waals surface area (Å²) in [5.41, 5.74) is 12.5. The number of urea groups is 1. The van der Waals surface area contributed by atoms with Crippen LogP contribution in [0.2, 0.25) is 4.34 Å². The molecule has 4 N–H and O–H groups in total. The van der Waals surface area contributed by atoms with E-state index in [4.69, 9.17) is 23.1 Å². The summed E-state index contributed by atoms with van der Waals surface area (Å²) >= 11 is 7.43. The zero-order valence-electron chi connectivity index (χ0n) is 9.43. The van der Waals surface area contributed by atoms with Crippen molar-refractivity contribution < 1.29 is 4.79 Å². The highest BCUT2D eigenvalue weighted by Gasteiger charge is 2.27. The fraction of sp³-hybridized carbons (Fsp3) is 0.545. The predicted molar refractivity (Wildman–Crippen MR) is 70.3 cm³/mol. The summed E-state index contributed by atoms with van der Waals surface area (Å²) in [5.74, 6) is 0.372. The smallest absolute Gasteiger partial charge is 0.314 e. The number of nitrogens with zero attached hydrogens (tertiary/aromatic N) is 1. The second-order valence-electron chi connectivity index (χ2n) is 4.57. The van der Waals surface area contributed by atoms with E-state index in [0.717, 1.165) is 17.2 Å². The molecule has 0 spiro atoms. The highest BCUT2D eigenvalue weighted by atomic mass is 35.5. The quantitative estimate of drug-likeness (QED) is 0.860. The number of nitrogens with two attached hydrogens (primary N) is 2. The minimum absolute atomic E-state index is 0.0235. The van der Waals surface area contributed by atoms with Crippen LogP contribution < -0.4 is 11.5 Å². The van der Waals surface area contributed by atoms with E-state index < -0.39 is 0 Å². The van der Waals surface area contributed by atoms with E-state index in [1.807, 2.05) is 6.07 Å². The number of piperidine rings is 1. The number of rotatable bonds is 2. The third-order valence-corrected chi connectivity index (χ3v) is 4.17. The molecule has 1 aliphatic rings. The number of hydrogen-bond acceptors (Lipinski definition) is 3. The monoisotopic (exact) mass is 273 g/mol. The van der Waals surface area contributed by atoms with E-state index in [2.05, 4.69) is 5.38 Å². The molecule has 4 nitrogen and oxygen atoms in total. The van der Waals surface area contributed by atoms with Gasteiger partial charge in [0.25, 0.3) is 0 Å². The van der Waals surface area contributed by atoms with E-state index in [1.54, 1.807) is 4.90 Å². The number of carbonyl (C=O) groups excluding carboxylic acids is 1. The molecule has 2 heterocycles. The molecule has 1 saturated heterocycles. The molecule has 0 aliphatic carbocycles. The average molecular weight is 274 g/mol. The van der Waals surface area contributed by atoms with Gasteiger partial charge in [-0.25, -0.2) is 4.79 Å². The van der Waals surface area contributed by atoms with Crippen molar-refractivity contribution >= 4 is 29.0 Å². The molecule has 0 bridgehead atoms.